The van der Waals surface area contributed by atoms with E-state index in [0.717, 1.165) is 30.4 Å². The fourth-order valence-electron chi connectivity index (χ4n) is 2.44. The van der Waals surface area contributed by atoms with Crippen molar-refractivity contribution >= 4 is 12.4 Å². The Morgan fingerprint density at radius 2 is 1.88 bits per heavy atom. The van der Waals surface area contributed by atoms with Crippen LogP contribution in [-0.2, 0) is 9.53 Å². The second kappa shape index (κ2) is 9.30. The maximum absolute atomic E-state index is 12.2. The molecule has 0 spiro atoms. The van der Waals surface area contributed by atoms with Crippen LogP contribution in [0.5, 0.6) is 5.75 Å². The maximum Gasteiger partial charge on any atom is 0.408 e. The van der Waals surface area contributed by atoms with E-state index in [9.17, 15) is 9.59 Å². The van der Waals surface area contributed by atoms with Crippen LogP contribution >= 0.6 is 0 Å². The molecule has 0 fully saturated rings. The Labute approximate surface area is 144 Å². The second-order valence-corrected chi connectivity index (χ2v) is 6.84. The molecule has 2 atom stereocenters. The smallest absolute Gasteiger partial charge is 0.408 e. The summed E-state index contributed by atoms with van der Waals surface area (Å²) in [7, 11) is 1.60. The number of ether oxygens (including phenoxy) is 2. The lowest BCUT2D eigenvalue weighted by Crippen LogP contribution is -2.38. The first-order valence-electron chi connectivity index (χ1n) is 8.39. The molecular weight excluding hydrogens is 306 g/mol. The van der Waals surface area contributed by atoms with Crippen LogP contribution in [0.2, 0.25) is 0 Å². The van der Waals surface area contributed by atoms with Crippen LogP contribution in [0.15, 0.2) is 24.3 Å². The summed E-state index contributed by atoms with van der Waals surface area (Å²) >= 11 is 0. The van der Waals surface area contributed by atoms with Gasteiger partial charge in [-0.1, -0.05) is 31.9 Å². The summed E-state index contributed by atoms with van der Waals surface area (Å²) in [6, 6.07) is 6.95. The van der Waals surface area contributed by atoms with E-state index in [1.54, 1.807) is 7.11 Å². The topological polar surface area (TPSA) is 64.6 Å². The first-order chi connectivity index (χ1) is 11.3. The van der Waals surface area contributed by atoms with Crippen LogP contribution in [0.4, 0.5) is 4.79 Å². The quantitative estimate of drug-likeness (QED) is 0.721. The highest BCUT2D eigenvalue weighted by Gasteiger charge is 2.27. The van der Waals surface area contributed by atoms with Crippen molar-refractivity contribution in [3.63, 3.8) is 0 Å². The van der Waals surface area contributed by atoms with Gasteiger partial charge in [0.15, 0.2) is 0 Å². The van der Waals surface area contributed by atoms with Gasteiger partial charge >= 0.3 is 6.09 Å². The molecule has 1 amide bonds. The van der Waals surface area contributed by atoms with Crippen LogP contribution in [0, 0.1) is 5.92 Å². The summed E-state index contributed by atoms with van der Waals surface area (Å²) in [5.41, 5.74) is 0.268. The summed E-state index contributed by atoms with van der Waals surface area (Å²) in [5.74, 6) is 0.428. The molecule has 1 rings (SSSR count). The number of nitrogens with one attached hydrogen (secondary N) is 1. The van der Waals surface area contributed by atoms with E-state index in [4.69, 9.17) is 9.47 Å². The second-order valence-electron chi connectivity index (χ2n) is 6.84. The monoisotopic (exact) mass is 335 g/mol. The Hall–Kier alpha value is -2.04. The lowest BCUT2D eigenvalue weighted by Gasteiger charge is -2.27. The van der Waals surface area contributed by atoms with Crippen LogP contribution in [0.25, 0.3) is 0 Å². The Morgan fingerprint density at radius 1 is 1.25 bits per heavy atom. The largest absolute Gasteiger partial charge is 0.497 e. The summed E-state index contributed by atoms with van der Waals surface area (Å²) in [6.07, 6.45) is 3.03. The summed E-state index contributed by atoms with van der Waals surface area (Å²) in [6.45, 7) is 7.50. The number of unbranched alkanes of at least 4 members (excludes halogenated alkanes) is 1. The fourth-order valence-corrected chi connectivity index (χ4v) is 2.44. The van der Waals surface area contributed by atoms with Crippen molar-refractivity contribution in [2.24, 2.45) is 5.92 Å². The Morgan fingerprint density at radius 3 is 2.33 bits per heavy atom. The Bertz CT molecular complexity index is 519. The van der Waals surface area contributed by atoms with Gasteiger partial charge in [-0.25, -0.2) is 4.79 Å². The van der Waals surface area contributed by atoms with Crippen molar-refractivity contribution in [2.75, 3.05) is 7.11 Å². The predicted molar refractivity (Wildman–Crippen MR) is 94.2 cm³/mol. The molecule has 0 unspecified atom stereocenters. The van der Waals surface area contributed by atoms with E-state index in [-0.39, 0.29) is 5.92 Å². The number of hydrogen-bond donors (Lipinski definition) is 1. The molecular formula is C19H29NO4. The average molecular weight is 335 g/mol. The molecule has 0 saturated heterocycles. The van der Waals surface area contributed by atoms with E-state index in [0.29, 0.717) is 6.42 Å². The van der Waals surface area contributed by atoms with Crippen LogP contribution in [0.1, 0.15) is 58.6 Å². The number of carbonyl (C=O) groups excluding carboxylic acids is 2. The van der Waals surface area contributed by atoms with Gasteiger partial charge in [0.25, 0.3) is 0 Å². The van der Waals surface area contributed by atoms with Gasteiger partial charge in [0.05, 0.1) is 13.2 Å². The predicted octanol–water partition coefficient (Wildman–Crippen LogP) is 4.27. The molecule has 24 heavy (non-hydrogen) atoms. The molecule has 0 aromatic heterocycles. The molecule has 0 bridgehead atoms. The van der Waals surface area contributed by atoms with Gasteiger partial charge in [0.1, 0.15) is 17.6 Å². The molecule has 0 saturated carbocycles. The van der Waals surface area contributed by atoms with Gasteiger partial charge in [0, 0.05) is 5.92 Å². The number of aldehydes is 1. The highest BCUT2D eigenvalue weighted by atomic mass is 16.6. The van der Waals surface area contributed by atoms with Crippen LogP contribution in [-0.4, -0.2) is 25.1 Å². The fraction of sp³-hybridized carbons (Fsp3) is 0.579. The standard InChI is InChI=1S/C19H29NO4/c1-6-7-8-15(13-21)17(20-18(22)24-19(2,3)4)14-9-11-16(23-5)12-10-14/h9-13,15,17H,6-8H2,1-5H3,(H,20,22)/t15-,17-/m1/s1. The highest BCUT2D eigenvalue weighted by molar-refractivity contribution is 5.69. The molecule has 1 aromatic carbocycles. The average Bonchev–Trinajstić information content (AvgIpc) is 2.52. The maximum atomic E-state index is 12.2. The first-order valence-corrected chi connectivity index (χ1v) is 8.39. The molecule has 5 nitrogen and oxygen atoms in total. The highest BCUT2D eigenvalue weighted by Crippen LogP contribution is 2.27. The van der Waals surface area contributed by atoms with Crippen molar-refractivity contribution in [1.82, 2.24) is 5.32 Å². The van der Waals surface area contributed by atoms with Crippen molar-refractivity contribution in [3.8, 4) is 5.75 Å². The van der Waals surface area contributed by atoms with E-state index in [1.807, 2.05) is 45.0 Å². The minimum Gasteiger partial charge on any atom is -0.497 e. The van der Waals surface area contributed by atoms with Gasteiger partial charge in [-0.05, 0) is 44.9 Å². The minimum absolute atomic E-state index is 0.300. The molecule has 0 aliphatic heterocycles. The van der Waals surface area contributed by atoms with Crippen molar-refractivity contribution in [2.45, 2.75) is 58.6 Å². The third kappa shape index (κ3) is 6.60. The van der Waals surface area contributed by atoms with Gasteiger partial charge < -0.3 is 19.6 Å². The zero-order valence-electron chi connectivity index (χ0n) is 15.3. The molecule has 134 valence electrons. The Balaban J connectivity index is 3.00. The third-order valence-corrected chi connectivity index (χ3v) is 3.64. The van der Waals surface area contributed by atoms with Gasteiger partial charge in [-0.2, -0.15) is 0 Å². The summed E-state index contributed by atoms with van der Waals surface area (Å²) < 4.78 is 10.5. The van der Waals surface area contributed by atoms with Crippen LogP contribution in [0.3, 0.4) is 0 Å². The van der Waals surface area contributed by atoms with E-state index in [2.05, 4.69) is 12.2 Å². The molecule has 0 radical (unpaired) electrons. The van der Waals surface area contributed by atoms with Crippen molar-refractivity contribution in [1.29, 1.82) is 0 Å². The molecule has 0 heterocycles. The number of amides is 1. The van der Waals surface area contributed by atoms with Crippen LogP contribution < -0.4 is 10.1 Å². The summed E-state index contributed by atoms with van der Waals surface area (Å²) in [4.78, 5) is 23.8. The van der Waals surface area contributed by atoms with E-state index in [1.165, 1.54) is 0 Å². The van der Waals surface area contributed by atoms with E-state index >= 15 is 0 Å². The lowest BCUT2D eigenvalue weighted by atomic mass is 9.90. The lowest BCUT2D eigenvalue weighted by molar-refractivity contribution is -0.112. The molecule has 1 N–H and O–H groups in total. The zero-order chi connectivity index (χ0) is 18.2. The molecule has 0 aliphatic rings. The molecule has 0 aliphatic carbocycles. The minimum atomic E-state index is -0.589. The number of methoxy groups -OCH3 is 1. The number of benzene rings is 1. The number of carbonyl (C=O) groups is 2. The molecule has 1 aromatic rings. The van der Waals surface area contributed by atoms with Gasteiger partial charge in [-0.15, -0.1) is 0 Å². The number of hydrogen-bond acceptors (Lipinski definition) is 4. The zero-order valence-corrected chi connectivity index (χ0v) is 15.3. The third-order valence-electron chi connectivity index (χ3n) is 3.64. The number of alkyl carbamates (subject to hydrolysis) is 1. The van der Waals surface area contributed by atoms with E-state index < -0.39 is 17.7 Å². The SMILES string of the molecule is CCCC[C@H](C=O)[C@H](NC(=O)OC(C)(C)C)c1ccc(OC)cc1. The van der Waals surface area contributed by atoms with Crippen molar-refractivity contribution < 1.29 is 19.1 Å². The molecule has 5 heteroatoms. The first kappa shape index (κ1) is 20.0. The normalized spacial score (nSPS) is 13.7. The van der Waals surface area contributed by atoms with Gasteiger partial charge in [-0.3, -0.25) is 0 Å². The summed E-state index contributed by atoms with van der Waals surface area (Å²) in [5, 5.41) is 2.85. The van der Waals surface area contributed by atoms with Gasteiger partial charge in [0.2, 0.25) is 0 Å². The Kier molecular flexibility index (Phi) is 7.75. The van der Waals surface area contributed by atoms with Crippen molar-refractivity contribution in [3.05, 3.63) is 29.8 Å². The number of rotatable bonds is 8.